The van der Waals surface area contributed by atoms with Gasteiger partial charge < -0.3 is 14.9 Å². The van der Waals surface area contributed by atoms with Gasteiger partial charge in [-0.1, -0.05) is 48.5 Å². The molecule has 0 aliphatic heterocycles. The summed E-state index contributed by atoms with van der Waals surface area (Å²) < 4.78 is 4.82. The van der Waals surface area contributed by atoms with Crippen LogP contribution < -0.4 is 0 Å². The zero-order chi connectivity index (χ0) is 18.9. The number of esters is 2. The molecule has 0 bridgehead atoms. The monoisotopic (exact) mass is 356 g/mol. The Bertz CT molecular complexity index is 741. The van der Waals surface area contributed by atoms with Crippen LogP contribution in [0, 0.1) is 5.92 Å². The van der Waals surface area contributed by atoms with E-state index in [4.69, 9.17) is 9.84 Å². The van der Waals surface area contributed by atoms with Gasteiger partial charge in [-0.2, -0.15) is 0 Å². The molecule has 0 amide bonds. The highest BCUT2D eigenvalue weighted by molar-refractivity contribution is 6.11. The van der Waals surface area contributed by atoms with Gasteiger partial charge in [0.1, 0.15) is 5.92 Å². The molecule has 0 saturated carbocycles. The van der Waals surface area contributed by atoms with Crippen LogP contribution in [0.2, 0.25) is 0 Å². The predicted molar refractivity (Wildman–Crippen MR) is 93.5 cm³/mol. The van der Waals surface area contributed by atoms with Crippen molar-refractivity contribution in [2.45, 2.75) is 18.9 Å². The third-order valence-corrected chi connectivity index (χ3v) is 3.84. The summed E-state index contributed by atoms with van der Waals surface area (Å²) in [6.45, 7) is -0.193. The maximum Gasteiger partial charge on any atom is 0.345 e. The van der Waals surface area contributed by atoms with Gasteiger partial charge in [-0.05, 0) is 25.0 Å². The van der Waals surface area contributed by atoms with Gasteiger partial charge in [0.2, 0.25) is 0 Å². The first-order valence-electron chi connectivity index (χ1n) is 8.24. The first-order chi connectivity index (χ1) is 12.5. The maximum atomic E-state index is 12.7. The van der Waals surface area contributed by atoms with E-state index >= 15 is 0 Å². The van der Waals surface area contributed by atoms with Crippen LogP contribution in [0.1, 0.15) is 33.6 Å². The Kier molecular flexibility index (Phi) is 7.20. The molecule has 26 heavy (non-hydrogen) atoms. The van der Waals surface area contributed by atoms with Gasteiger partial charge in [0.25, 0.3) is 0 Å². The number of hydrogen-bond donors (Lipinski definition) is 2. The van der Waals surface area contributed by atoms with Crippen LogP contribution in [0.3, 0.4) is 0 Å². The lowest BCUT2D eigenvalue weighted by Gasteiger charge is -2.20. The second kappa shape index (κ2) is 9.60. The third-order valence-electron chi connectivity index (χ3n) is 3.84. The van der Waals surface area contributed by atoms with Crippen molar-refractivity contribution in [1.82, 2.24) is 0 Å². The molecular weight excluding hydrogens is 336 g/mol. The minimum atomic E-state index is -1.54. The molecule has 0 aliphatic rings. The third kappa shape index (κ3) is 5.08. The van der Waals surface area contributed by atoms with E-state index in [0.29, 0.717) is 0 Å². The van der Waals surface area contributed by atoms with Crippen molar-refractivity contribution in [2.24, 2.45) is 5.92 Å². The van der Waals surface area contributed by atoms with Crippen LogP contribution >= 0.6 is 0 Å². The van der Waals surface area contributed by atoms with Crippen LogP contribution in [-0.4, -0.2) is 40.6 Å². The molecule has 0 spiro atoms. The number of rotatable bonds is 8. The summed E-state index contributed by atoms with van der Waals surface area (Å²) in [6.07, 6.45) is -1.14. The number of carbonyl (C=O) groups is 3. The number of hydrogen-bond acceptors (Lipinski definition) is 6. The van der Waals surface area contributed by atoms with Crippen LogP contribution in [0.25, 0.3) is 0 Å². The molecule has 2 aromatic rings. The molecule has 2 atom stereocenters. The lowest BCUT2D eigenvalue weighted by atomic mass is 9.90. The van der Waals surface area contributed by atoms with Crippen molar-refractivity contribution in [1.29, 1.82) is 0 Å². The molecule has 0 heterocycles. The van der Waals surface area contributed by atoms with Crippen LogP contribution in [0.5, 0.6) is 0 Å². The van der Waals surface area contributed by atoms with Gasteiger partial charge in [-0.3, -0.25) is 9.59 Å². The average molecular weight is 356 g/mol. The van der Waals surface area contributed by atoms with Gasteiger partial charge in [-0.25, -0.2) is 4.79 Å². The summed E-state index contributed by atoms with van der Waals surface area (Å²) in [5, 5.41) is 19.2. The number of aliphatic hydroxyl groups excluding tert-OH is 2. The van der Waals surface area contributed by atoms with Gasteiger partial charge in [0, 0.05) is 12.2 Å². The number of Topliss-reactive ketones (excluding diaryl/α,β-unsaturated/α-hetero) is 1. The molecule has 6 heteroatoms. The fourth-order valence-corrected chi connectivity index (χ4v) is 2.48. The molecule has 2 aromatic carbocycles. The van der Waals surface area contributed by atoms with Crippen molar-refractivity contribution < 1.29 is 29.3 Å². The van der Waals surface area contributed by atoms with Crippen molar-refractivity contribution in [3.05, 3.63) is 71.8 Å². The predicted octanol–water partition coefficient (Wildman–Crippen LogP) is 2.00. The topological polar surface area (TPSA) is 101 Å². The highest BCUT2D eigenvalue weighted by Crippen LogP contribution is 2.19. The molecule has 0 saturated heterocycles. The van der Waals surface area contributed by atoms with E-state index in [1.54, 1.807) is 36.4 Å². The Labute approximate surface area is 151 Å². The van der Waals surface area contributed by atoms with Crippen molar-refractivity contribution in [3.8, 4) is 0 Å². The number of ketones is 1. The maximum absolute atomic E-state index is 12.7. The standard InChI is InChI=1S/C20H20O6/c21-13-7-12-16(22)17(18(23)14-8-3-1-4-9-14)20(25)26-19(24)15-10-5-2-6-11-15/h1-6,8-11,16-17,21-22H,7,12-13H2. The Balaban J connectivity index is 2.20. The summed E-state index contributed by atoms with van der Waals surface area (Å²) in [6, 6.07) is 15.9. The number of benzene rings is 2. The van der Waals surface area contributed by atoms with Crippen LogP contribution in [0.4, 0.5) is 0 Å². The Morgan fingerprint density at radius 2 is 1.42 bits per heavy atom. The van der Waals surface area contributed by atoms with E-state index in [1.165, 1.54) is 24.3 Å². The first-order valence-corrected chi connectivity index (χ1v) is 8.24. The van der Waals surface area contributed by atoms with Crippen molar-refractivity contribution in [3.63, 3.8) is 0 Å². The summed E-state index contributed by atoms with van der Waals surface area (Å²) in [7, 11) is 0. The minimum Gasteiger partial charge on any atom is -0.396 e. The van der Waals surface area contributed by atoms with E-state index < -0.39 is 29.7 Å². The van der Waals surface area contributed by atoms with E-state index in [9.17, 15) is 19.5 Å². The largest absolute Gasteiger partial charge is 0.396 e. The molecule has 0 aliphatic carbocycles. The van der Waals surface area contributed by atoms with E-state index in [2.05, 4.69) is 0 Å². The van der Waals surface area contributed by atoms with Gasteiger partial charge in [0.15, 0.2) is 5.78 Å². The summed E-state index contributed by atoms with van der Waals surface area (Å²) in [5.74, 6) is -4.19. The van der Waals surface area contributed by atoms with Gasteiger partial charge in [-0.15, -0.1) is 0 Å². The molecule has 2 rings (SSSR count). The molecule has 0 fully saturated rings. The zero-order valence-corrected chi connectivity index (χ0v) is 14.1. The van der Waals surface area contributed by atoms with E-state index in [0.717, 1.165) is 0 Å². The summed E-state index contributed by atoms with van der Waals surface area (Å²) in [4.78, 5) is 37.2. The fourth-order valence-electron chi connectivity index (χ4n) is 2.48. The fraction of sp³-hybridized carbons (Fsp3) is 0.250. The number of carbonyl (C=O) groups excluding carboxylic acids is 3. The number of ether oxygens (including phenoxy) is 1. The SMILES string of the molecule is O=C(OC(=O)C(C(=O)c1ccccc1)C(O)CCCO)c1ccccc1. The van der Waals surface area contributed by atoms with Gasteiger partial charge >= 0.3 is 11.9 Å². The molecule has 6 nitrogen and oxygen atoms in total. The Hall–Kier alpha value is -2.83. The Morgan fingerprint density at radius 3 is 1.96 bits per heavy atom. The highest BCUT2D eigenvalue weighted by Gasteiger charge is 2.36. The van der Waals surface area contributed by atoms with Crippen LogP contribution in [-0.2, 0) is 9.53 Å². The highest BCUT2D eigenvalue weighted by atomic mass is 16.6. The summed E-state index contributed by atoms with van der Waals surface area (Å²) in [5.41, 5.74) is 0.390. The second-order valence-corrected chi connectivity index (χ2v) is 5.72. The number of aliphatic hydroxyl groups is 2. The van der Waals surface area contributed by atoms with Crippen molar-refractivity contribution in [2.75, 3.05) is 6.61 Å². The van der Waals surface area contributed by atoms with Crippen LogP contribution in [0.15, 0.2) is 60.7 Å². The molecule has 0 aromatic heterocycles. The quantitative estimate of drug-likeness (QED) is 0.426. The zero-order valence-electron chi connectivity index (χ0n) is 14.1. The smallest absolute Gasteiger partial charge is 0.345 e. The molecule has 0 radical (unpaired) electrons. The van der Waals surface area contributed by atoms with Gasteiger partial charge in [0.05, 0.1) is 11.7 Å². The first kappa shape index (κ1) is 19.5. The molecule has 136 valence electrons. The molecular formula is C20H20O6. The minimum absolute atomic E-state index is 0.0222. The second-order valence-electron chi connectivity index (χ2n) is 5.72. The normalized spacial score (nSPS) is 12.8. The van der Waals surface area contributed by atoms with E-state index in [-0.39, 0.29) is 30.6 Å². The summed E-state index contributed by atoms with van der Waals surface area (Å²) >= 11 is 0. The lowest BCUT2D eigenvalue weighted by Crippen LogP contribution is -2.37. The lowest BCUT2D eigenvalue weighted by molar-refractivity contribution is -0.144. The Morgan fingerprint density at radius 1 is 0.885 bits per heavy atom. The van der Waals surface area contributed by atoms with E-state index in [1.807, 2.05) is 0 Å². The van der Waals surface area contributed by atoms with Crippen molar-refractivity contribution >= 4 is 17.7 Å². The average Bonchev–Trinajstić information content (AvgIpc) is 2.67. The molecule has 2 unspecified atom stereocenters. The molecule has 2 N–H and O–H groups in total.